The fraction of sp³-hybridized carbons (Fsp3) is 0.333. The first-order valence-electron chi connectivity index (χ1n) is 8.47. The average molecular weight is 355 g/mol. The highest BCUT2D eigenvalue weighted by Crippen LogP contribution is 2.20. The zero-order valence-electron chi connectivity index (χ0n) is 14.5. The lowest BCUT2D eigenvalue weighted by Crippen LogP contribution is -2.28. The molecule has 1 aliphatic rings. The van der Waals surface area contributed by atoms with Crippen molar-refractivity contribution in [1.82, 2.24) is 10.2 Å². The van der Waals surface area contributed by atoms with Gasteiger partial charge in [0.1, 0.15) is 0 Å². The van der Waals surface area contributed by atoms with Crippen molar-refractivity contribution in [3.8, 4) is 0 Å². The smallest absolute Gasteiger partial charge is 0.228 e. The lowest BCUT2D eigenvalue weighted by molar-refractivity contribution is -0.122. The minimum absolute atomic E-state index is 0.0418. The van der Waals surface area contributed by atoms with E-state index in [-0.39, 0.29) is 17.7 Å². The van der Waals surface area contributed by atoms with Crippen molar-refractivity contribution >= 4 is 34.8 Å². The summed E-state index contributed by atoms with van der Waals surface area (Å²) in [6, 6.07) is 10.7. The molecule has 1 aliphatic heterocycles. The molecule has 0 spiro atoms. The fourth-order valence-electron chi connectivity index (χ4n) is 2.68. The van der Waals surface area contributed by atoms with Gasteiger partial charge < -0.3 is 20.7 Å². The molecular formula is C18H21N5O3. The molecule has 3 rings (SSSR count). The van der Waals surface area contributed by atoms with E-state index in [0.717, 1.165) is 18.5 Å². The predicted molar refractivity (Wildman–Crippen MR) is 98.2 cm³/mol. The number of benzene rings is 1. The molecule has 3 N–H and O–H groups in total. The summed E-state index contributed by atoms with van der Waals surface area (Å²) in [4.78, 5) is 23.3. The van der Waals surface area contributed by atoms with Crippen LogP contribution in [0.15, 0.2) is 36.4 Å². The predicted octanol–water partition coefficient (Wildman–Crippen LogP) is 2.54. The minimum Gasteiger partial charge on any atom is -0.381 e. The number of amides is 2. The zero-order chi connectivity index (χ0) is 18.4. The molecule has 2 heterocycles. The number of anilines is 4. The van der Waals surface area contributed by atoms with E-state index in [4.69, 9.17) is 4.74 Å². The quantitative estimate of drug-likeness (QED) is 0.761. The van der Waals surface area contributed by atoms with Crippen LogP contribution in [0.25, 0.3) is 0 Å². The van der Waals surface area contributed by atoms with Crippen molar-refractivity contribution in [3.05, 3.63) is 36.4 Å². The van der Waals surface area contributed by atoms with Gasteiger partial charge in [0.05, 0.1) is 0 Å². The van der Waals surface area contributed by atoms with Crippen LogP contribution in [-0.2, 0) is 14.3 Å². The third kappa shape index (κ3) is 5.00. The molecule has 26 heavy (non-hydrogen) atoms. The van der Waals surface area contributed by atoms with Crippen LogP contribution in [0.1, 0.15) is 19.8 Å². The molecule has 8 heteroatoms. The lowest BCUT2D eigenvalue weighted by Gasteiger charge is -2.20. The molecule has 2 aromatic rings. The third-order valence-electron chi connectivity index (χ3n) is 3.96. The first-order chi connectivity index (χ1) is 12.6. The standard InChI is InChI=1S/C18H21N5O3/c1-12(24)19-14-3-2-4-15(11-14)20-16-5-6-17(23-22-16)21-18(25)13-7-9-26-10-8-13/h2-6,11,13H,7-10H2,1H3,(H,19,24)(H,20,22)(H,21,23,25). The van der Waals surface area contributed by atoms with Crippen LogP contribution in [0.3, 0.4) is 0 Å². The number of nitrogens with one attached hydrogen (secondary N) is 3. The molecular weight excluding hydrogens is 334 g/mol. The van der Waals surface area contributed by atoms with Crippen LogP contribution in [0, 0.1) is 5.92 Å². The number of aromatic nitrogens is 2. The van der Waals surface area contributed by atoms with Crippen LogP contribution in [0.2, 0.25) is 0 Å². The number of carbonyl (C=O) groups is 2. The van der Waals surface area contributed by atoms with E-state index in [1.807, 2.05) is 12.1 Å². The van der Waals surface area contributed by atoms with E-state index in [1.165, 1.54) is 6.92 Å². The van der Waals surface area contributed by atoms with Gasteiger partial charge in [-0.05, 0) is 43.2 Å². The second-order valence-electron chi connectivity index (χ2n) is 6.07. The Morgan fingerprint density at radius 1 is 1.00 bits per heavy atom. The van der Waals surface area contributed by atoms with Crippen LogP contribution in [-0.4, -0.2) is 35.2 Å². The molecule has 0 radical (unpaired) electrons. The fourth-order valence-corrected chi connectivity index (χ4v) is 2.68. The number of hydrogen-bond donors (Lipinski definition) is 3. The van der Waals surface area contributed by atoms with Crippen LogP contribution in [0.4, 0.5) is 23.0 Å². The summed E-state index contributed by atoms with van der Waals surface area (Å²) in [5, 5.41) is 16.7. The largest absolute Gasteiger partial charge is 0.381 e. The molecule has 1 fully saturated rings. The first-order valence-corrected chi connectivity index (χ1v) is 8.47. The Balaban J connectivity index is 1.59. The highest BCUT2D eigenvalue weighted by Gasteiger charge is 2.21. The van der Waals surface area contributed by atoms with Gasteiger partial charge in [0, 0.05) is 37.4 Å². The molecule has 0 bridgehead atoms. The molecule has 8 nitrogen and oxygen atoms in total. The Morgan fingerprint density at radius 2 is 1.69 bits per heavy atom. The third-order valence-corrected chi connectivity index (χ3v) is 3.96. The van der Waals surface area contributed by atoms with Crippen molar-refractivity contribution < 1.29 is 14.3 Å². The Morgan fingerprint density at radius 3 is 2.38 bits per heavy atom. The maximum absolute atomic E-state index is 12.2. The molecule has 1 saturated heterocycles. The van der Waals surface area contributed by atoms with Gasteiger partial charge in [-0.3, -0.25) is 9.59 Å². The Bertz CT molecular complexity index is 773. The molecule has 0 saturated carbocycles. The monoisotopic (exact) mass is 355 g/mol. The molecule has 0 aliphatic carbocycles. The Hall–Kier alpha value is -3.00. The van der Waals surface area contributed by atoms with Gasteiger partial charge >= 0.3 is 0 Å². The van der Waals surface area contributed by atoms with E-state index in [2.05, 4.69) is 26.1 Å². The number of carbonyl (C=O) groups excluding carboxylic acids is 2. The second kappa shape index (κ2) is 8.39. The molecule has 136 valence electrons. The molecule has 0 unspecified atom stereocenters. The average Bonchev–Trinajstić information content (AvgIpc) is 2.64. The van der Waals surface area contributed by atoms with Crippen LogP contribution < -0.4 is 16.0 Å². The minimum atomic E-state index is -0.133. The normalized spacial score (nSPS) is 14.5. The summed E-state index contributed by atoms with van der Waals surface area (Å²) in [7, 11) is 0. The number of ether oxygens (including phenoxy) is 1. The summed E-state index contributed by atoms with van der Waals surface area (Å²) in [6.45, 7) is 2.69. The number of rotatable bonds is 5. The van der Waals surface area contributed by atoms with Gasteiger partial charge in [0.25, 0.3) is 0 Å². The van der Waals surface area contributed by atoms with Crippen LogP contribution in [0.5, 0.6) is 0 Å². The Labute approximate surface area is 151 Å². The number of nitrogens with zero attached hydrogens (tertiary/aromatic N) is 2. The summed E-state index contributed by atoms with van der Waals surface area (Å²) in [5.74, 6) is 0.728. The molecule has 1 aromatic heterocycles. The van der Waals surface area contributed by atoms with Crippen molar-refractivity contribution in [1.29, 1.82) is 0 Å². The molecule has 1 aromatic carbocycles. The zero-order valence-corrected chi connectivity index (χ0v) is 14.5. The van der Waals surface area contributed by atoms with E-state index in [0.29, 0.717) is 30.5 Å². The Kier molecular flexibility index (Phi) is 5.75. The second-order valence-corrected chi connectivity index (χ2v) is 6.07. The SMILES string of the molecule is CC(=O)Nc1cccc(Nc2ccc(NC(=O)C3CCOCC3)nn2)c1. The topological polar surface area (TPSA) is 105 Å². The summed E-state index contributed by atoms with van der Waals surface area (Å²) < 4.78 is 5.26. The van der Waals surface area contributed by atoms with Crippen molar-refractivity contribution in [2.75, 3.05) is 29.2 Å². The summed E-state index contributed by atoms with van der Waals surface area (Å²) in [5.41, 5.74) is 1.46. The van der Waals surface area contributed by atoms with E-state index in [1.54, 1.807) is 24.3 Å². The molecule has 0 atom stereocenters. The van der Waals surface area contributed by atoms with Gasteiger partial charge in [-0.15, -0.1) is 10.2 Å². The van der Waals surface area contributed by atoms with Gasteiger partial charge in [-0.25, -0.2) is 0 Å². The van der Waals surface area contributed by atoms with Crippen molar-refractivity contribution in [2.45, 2.75) is 19.8 Å². The van der Waals surface area contributed by atoms with Gasteiger partial charge in [0.15, 0.2) is 11.6 Å². The van der Waals surface area contributed by atoms with Gasteiger partial charge in [-0.1, -0.05) is 6.07 Å². The highest BCUT2D eigenvalue weighted by atomic mass is 16.5. The van der Waals surface area contributed by atoms with Crippen molar-refractivity contribution in [2.24, 2.45) is 5.92 Å². The van der Waals surface area contributed by atoms with E-state index >= 15 is 0 Å². The van der Waals surface area contributed by atoms with Crippen LogP contribution >= 0.6 is 0 Å². The van der Waals surface area contributed by atoms with E-state index < -0.39 is 0 Å². The lowest BCUT2D eigenvalue weighted by atomic mass is 9.99. The number of hydrogen-bond acceptors (Lipinski definition) is 6. The highest BCUT2D eigenvalue weighted by molar-refractivity contribution is 5.91. The maximum Gasteiger partial charge on any atom is 0.228 e. The first kappa shape index (κ1) is 17.8. The molecule has 2 amide bonds. The van der Waals surface area contributed by atoms with Gasteiger partial charge in [0.2, 0.25) is 11.8 Å². The van der Waals surface area contributed by atoms with Gasteiger partial charge in [-0.2, -0.15) is 0 Å². The van der Waals surface area contributed by atoms with E-state index in [9.17, 15) is 9.59 Å². The summed E-state index contributed by atoms with van der Waals surface area (Å²) >= 11 is 0. The summed E-state index contributed by atoms with van der Waals surface area (Å²) in [6.07, 6.45) is 1.45. The maximum atomic E-state index is 12.2. The van der Waals surface area contributed by atoms with Crippen molar-refractivity contribution in [3.63, 3.8) is 0 Å².